The normalized spacial score (nSPS) is 10.7. The van der Waals surface area contributed by atoms with Crippen LogP contribution >= 0.6 is 0 Å². The fourth-order valence-corrected chi connectivity index (χ4v) is 2.64. The smallest absolute Gasteiger partial charge is 0.334 e. The van der Waals surface area contributed by atoms with Gasteiger partial charge in [0.2, 0.25) is 11.6 Å². The van der Waals surface area contributed by atoms with Gasteiger partial charge in [-0.3, -0.25) is 10.1 Å². The quantitative estimate of drug-likeness (QED) is 0.577. The molecule has 0 radical (unpaired) electrons. The molecule has 0 fully saturated rings. The van der Waals surface area contributed by atoms with Crippen molar-refractivity contribution in [3.8, 4) is 5.82 Å². The summed E-state index contributed by atoms with van der Waals surface area (Å²) in [5.74, 6) is 0.273. The van der Waals surface area contributed by atoms with Gasteiger partial charge in [0, 0.05) is 11.4 Å². The van der Waals surface area contributed by atoms with Crippen molar-refractivity contribution in [1.82, 2.24) is 19.7 Å². The van der Waals surface area contributed by atoms with Crippen molar-refractivity contribution in [2.45, 2.75) is 27.7 Å². The first-order valence-corrected chi connectivity index (χ1v) is 7.74. The van der Waals surface area contributed by atoms with E-state index in [1.54, 1.807) is 0 Å². The molecule has 128 valence electrons. The number of nitro groups is 1. The molecule has 3 rings (SSSR count). The predicted octanol–water partition coefficient (Wildman–Crippen LogP) is 3.55. The maximum Gasteiger partial charge on any atom is 0.355 e. The molecule has 0 bridgehead atoms. The Bertz CT molecular complexity index is 964. The summed E-state index contributed by atoms with van der Waals surface area (Å²) in [6.07, 6.45) is 1.30. The van der Waals surface area contributed by atoms with Crippen LogP contribution in [0.3, 0.4) is 0 Å². The molecular weight excluding hydrogens is 320 g/mol. The Morgan fingerprint density at radius 3 is 2.56 bits per heavy atom. The Balaban J connectivity index is 2.15. The highest BCUT2D eigenvalue weighted by Gasteiger charge is 2.26. The van der Waals surface area contributed by atoms with E-state index in [1.807, 2.05) is 52.0 Å². The van der Waals surface area contributed by atoms with Gasteiger partial charge in [-0.1, -0.05) is 12.1 Å². The fourth-order valence-electron chi connectivity index (χ4n) is 2.64. The number of aromatic nitrogens is 4. The number of aryl methyl sites for hydroxylation is 3. The van der Waals surface area contributed by atoms with Crippen molar-refractivity contribution in [3.05, 3.63) is 63.2 Å². The maximum atomic E-state index is 11.7. The molecule has 0 aliphatic carbocycles. The van der Waals surface area contributed by atoms with E-state index < -0.39 is 4.92 Å². The highest BCUT2D eigenvalue weighted by molar-refractivity contribution is 5.72. The third kappa shape index (κ3) is 3.06. The third-order valence-electron chi connectivity index (χ3n) is 4.05. The van der Waals surface area contributed by atoms with Gasteiger partial charge in [-0.15, -0.1) is 0 Å². The lowest BCUT2D eigenvalue weighted by atomic mass is 10.1. The molecule has 0 aliphatic rings. The summed E-state index contributed by atoms with van der Waals surface area (Å²) >= 11 is 0. The van der Waals surface area contributed by atoms with Crippen molar-refractivity contribution in [2.24, 2.45) is 0 Å². The van der Waals surface area contributed by atoms with Crippen molar-refractivity contribution in [1.29, 1.82) is 0 Å². The Morgan fingerprint density at radius 1 is 1.16 bits per heavy atom. The molecule has 0 atom stereocenters. The van der Waals surface area contributed by atoms with Crippen LogP contribution in [0.5, 0.6) is 0 Å². The lowest BCUT2D eigenvalue weighted by molar-refractivity contribution is -0.384. The Morgan fingerprint density at radius 2 is 1.92 bits per heavy atom. The Hall–Kier alpha value is -3.29. The molecule has 1 N–H and O–H groups in total. The average molecular weight is 338 g/mol. The van der Waals surface area contributed by atoms with Crippen LogP contribution in [-0.4, -0.2) is 24.7 Å². The summed E-state index contributed by atoms with van der Waals surface area (Å²) in [5.41, 5.74) is 4.16. The highest BCUT2D eigenvalue weighted by atomic mass is 16.6. The minimum Gasteiger partial charge on any atom is -0.334 e. The maximum absolute atomic E-state index is 11.7. The molecule has 0 unspecified atom stereocenters. The van der Waals surface area contributed by atoms with Crippen LogP contribution < -0.4 is 5.32 Å². The van der Waals surface area contributed by atoms with Gasteiger partial charge in [0.25, 0.3) is 0 Å². The van der Waals surface area contributed by atoms with Gasteiger partial charge in [-0.25, -0.2) is 14.6 Å². The SMILES string of the molecule is Cc1cc(C)n(-c2ncnc(Nc3cccc(C)c3C)c2[N+](=O)[O-])n1. The van der Waals surface area contributed by atoms with E-state index in [4.69, 9.17) is 0 Å². The zero-order valence-corrected chi connectivity index (χ0v) is 14.4. The first kappa shape index (κ1) is 16.6. The van der Waals surface area contributed by atoms with E-state index in [0.29, 0.717) is 0 Å². The predicted molar refractivity (Wildman–Crippen MR) is 94.5 cm³/mol. The lowest BCUT2D eigenvalue weighted by Gasteiger charge is -2.12. The standard InChI is InChI=1S/C17H18N6O2/c1-10-6-5-7-14(13(10)4)20-16-15(23(24)25)17(19-9-18-16)22-12(3)8-11(2)21-22/h5-9H,1-4H3,(H,18,19,20). The molecule has 1 aromatic carbocycles. The van der Waals surface area contributed by atoms with E-state index in [-0.39, 0.29) is 17.3 Å². The average Bonchev–Trinajstić information content (AvgIpc) is 2.89. The second-order valence-electron chi connectivity index (χ2n) is 5.86. The van der Waals surface area contributed by atoms with Crippen LogP contribution in [0, 0.1) is 37.8 Å². The molecule has 0 aliphatic heterocycles. The van der Waals surface area contributed by atoms with Gasteiger partial charge in [0.05, 0.1) is 10.6 Å². The molecule has 3 aromatic rings. The molecule has 2 heterocycles. The molecule has 25 heavy (non-hydrogen) atoms. The van der Waals surface area contributed by atoms with E-state index >= 15 is 0 Å². The molecule has 0 spiro atoms. The number of rotatable bonds is 4. The van der Waals surface area contributed by atoms with Crippen molar-refractivity contribution < 1.29 is 4.92 Å². The number of nitrogens with one attached hydrogen (secondary N) is 1. The lowest BCUT2D eigenvalue weighted by Crippen LogP contribution is -2.10. The number of hydrogen-bond acceptors (Lipinski definition) is 6. The Kier molecular flexibility index (Phi) is 4.18. The van der Waals surface area contributed by atoms with E-state index in [1.165, 1.54) is 11.0 Å². The van der Waals surface area contributed by atoms with Crippen LogP contribution in [0.1, 0.15) is 22.5 Å². The number of hydrogen-bond donors (Lipinski definition) is 1. The molecular formula is C17H18N6O2. The number of nitrogens with zero attached hydrogens (tertiary/aromatic N) is 5. The second-order valence-corrected chi connectivity index (χ2v) is 5.86. The first-order valence-electron chi connectivity index (χ1n) is 7.74. The van der Waals surface area contributed by atoms with Crippen LogP contribution in [0.25, 0.3) is 5.82 Å². The minimum absolute atomic E-state index is 0.135. The van der Waals surface area contributed by atoms with Crippen molar-refractivity contribution in [3.63, 3.8) is 0 Å². The van der Waals surface area contributed by atoms with E-state index in [2.05, 4.69) is 20.4 Å². The third-order valence-corrected chi connectivity index (χ3v) is 4.05. The van der Waals surface area contributed by atoms with Crippen LogP contribution in [0.15, 0.2) is 30.6 Å². The summed E-state index contributed by atoms with van der Waals surface area (Å²) in [7, 11) is 0. The van der Waals surface area contributed by atoms with Gasteiger partial charge < -0.3 is 5.32 Å². The highest BCUT2D eigenvalue weighted by Crippen LogP contribution is 2.32. The topological polar surface area (TPSA) is 98.8 Å². The molecule has 8 heteroatoms. The molecule has 0 amide bonds. The fraction of sp³-hybridized carbons (Fsp3) is 0.235. The largest absolute Gasteiger partial charge is 0.355 e. The van der Waals surface area contributed by atoms with Crippen molar-refractivity contribution in [2.75, 3.05) is 5.32 Å². The van der Waals surface area contributed by atoms with E-state index in [0.717, 1.165) is 28.2 Å². The number of benzene rings is 1. The van der Waals surface area contributed by atoms with Crippen molar-refractivity contribution >= 4 is 17.2 Å². The summed E-state index contributed by atoms with van der Waals surface area (Å²) in [6, 6.07) is 7.57. The second kappa shape index (κ2) is 6.31. The molecule has 2 aromatic heterocycles. The van der Waals surface area contributed by atoms with Gasteiger partial charge in [-0.05, 0) is 51.0 Å². The summed E-state index contributed by atoms with van der Waals surface area (Å²) in [6.45, 7) is 7.58. The van der Waals surface area contributed by atoms with Crippen LogP contribution in [-0.2, 0) is 0 Å². The van der Waals surface area contributed by atoms with Gasteiger partial charge in [0.15, 0.2) is 0 Å². The zero-order valence-electron chi connectivity index (χ0n) is 14.4. The summed E-state index contributed by atoms with van der Waals surface area (Å²) < 4.78 is 1.46. The molecule has 8 nitrogen and oxygen atoms in total. The van der Waals surface area contributed by atoms with Crippen LogP contribution in [0.4, 0.5) is 17.2 Å². The van der Waals surface area contributed by atoms with Gasteiger partial charge in [-0.2, -0.15) is 5.10 Å². The first-order chi connectivity index (χ1) is 11.9. The van der Waals surface area contributed by atoms with E-state index in [9.17, 15) is 10.1 Å². The summed E-state index contributed by atoms with van der Waals surface area (Å²) in [5, 5.41) is 19.1. The number of anilines is 2. The van der Waals surface area contributed by atoms with Crippen LogP contribution in [0.2, 0.25) is 0 Å². The van der Waals surface area contributed by atoms with Gasteiger partial charge in [0.1, 0.15) is 6.33 Å². The summed E-state index contributed by atoms with van der Waals surface area (Å²) in [4.78, 5) is 19.4. The van der Waals surface area contributed by atoms with Gasteiger partial charge >= 0.3 is 5.69 Å². The molecule has 0 saturated heterocycles. The monoisotopic (exact) mass is 338 g/mol. The molecule has 0 saturated carbocycles. The minimum atomic E-state index is -0.487. The Labute approximate surface area is 144 Å². The zero-order chi connectivity index (χ0) is 18.1.